The summed E-state index contributed by atoms with van der Waals surface area (Å²) in [5, 5.41) is 11.6. The number of amides is 1. The molecule has 2 aromatic rings. The number of carboxylic acid groups (broad SMARTS) is 1. The van der Waals surface area contributed by atoms with E-state index in [0.717, 1.165) is 36.9 Å². The molecule has 8 nitrogen and oxygen atoms in total. The summed E-state index contributed by atoms with van der Waals surface area (Å²) in [4.78, 5) is 37.2. The van der Waals surface area contributed by atoms with E-state index in [1.165, 1.54) is 25.7 Å². The van der Waals surface area contributed by atoms with Crippen molar-refractivity contribution in [1.82, 2.24) is 20.3 Å². The van der Waals surface area contributed by atoms with Crippen LogP contribution in [0.3, 0.4) is 0 Å². The van der Waals surface area contributed by atoms with E-state index >= 15 is 0 Å². The Labute approximate surface area is 151 Å². The number of aromatic nitrogens is 3. The van der Waals surface area contributed by atoms with Gasteiger partial charge in [0.25, 0.3) is 5.91 Å². The van der Waals surface area contributed by atoms with Gasteiger partial charge in [0, 0.05) is 25.8 Å². The first-order chi connectivity index (χ1) is 12.6. The molecule has 1 amide bonds. The van der Waals surface area contributed by atoms with E-state index in [1.54, 1.807) is 6.20 Å². The highest BCUT2D eigenvalue weighted by molar-refractivity contribution is 5.92. The van der Waals surface area contributed by atoms with Crippen molar-refractivity contribution in [3.63, 3.8) is 0 Å². The van der Waals surface area contributed by atoms with Crippen molar-refractivity contribution in [2.45, 2.75) is 32.2 Å². The summed E-state index contributed by atoms with van der Waals surface area (Å²) >= 11 is 0. The average Bonchev–Trinajstić information content (AvgIpc) is 2.96. The van der Waals surface area contributed by atoms with Crippen molar-refractivity contribution < 1.29 is 14.7 Å². The number of carbonyl (C=O) groups is 2. The molecule has 136 valence electrons. The van der Waals surface area contributed by atoms with Gasteiger partial charge in [0.15, 0.2) is 5.69 Å². The molecule has 0 spiro atoms. The molecule has 0 saturated carbocycles. The Balaban J connectivity index is 1.61. The van der Waals surface area contributed by atoms with Gasteiger partial charge in [-0.3, -0.25) is 4.79 Å². The standard InChI is InChI=1S/C18H21N5O3/c24-17(14-11-21-15(12-20-14)18(25)26)22-10-13-5-6-19-16(9-13)23-7-3-1-2-4-8-23/h5-6,9,11-12H,1-4,7-8,10H2,(H,22,24)(H,25,26). The van der Waals surface area contributed by atoms with Crippen molar-refractivity contribution in [1.29, 1.82) is 0 Å². The van der Waals surface area contributed by atoms with Gasteiger partial charge in [0.1, 0.15) is 11.5 Å². The Morgan fingerprint density at radius 1 is 1.04 bits per heavy atom. The predicted octanol–water partition coefficient (Wildman–Crippen LogP) is 1.88. The van der Waals surface area contributed by atoms with Crippen molar-refractivity contribution >= 4 is 17.7 Å². The Morgan fingerprint density at radius 3 is 2.38 bits per heavy atom. The topological polar surface area (TPSA) is 108 Å². The molecule has 3 heterocycles. The lowest BCUT2D eigenvalue weighted by molar-refractivity contribution is 0.0689. The van der Waals surface area contributed by atoms with E-state index in [2.05, 4.69) is 25.2 Å². The van der Waals surface area contributed by atoms with Gasteiger partial charge >= 0.3 is 5.97 Å². The van der Waals surface area contributed by atoms with Crippen LogP contribution in [0, 0.1) is 0 Å². The number of aromatic carboxylic acids is 1. The van der Waals surface area contributed by atoms with Gasteiger partial charge in [-0.1, -0.05) is 12.8 Å². The lowest BCUT2D eigenvalue weighted by Gasteiger charge is -2.21. The minimum atomic E-state index is -1.18. The molecule has 1 aliphatic rings. The molecule has 0 bridgehead atoms. The first-order valence-electron chi connectivity index (χ1n) is 8.67. The molecular formula is C18H21N5O3. The van der Waals surface area contributed by atoms with Crippen LogP contribution in [0.1, 0.15) is 52.2 Å². The number of hydrogen-bond donors (Lipinski definition) is 2. The van der Waals surface area contributed by atoms with Gasteiger partial charge in [-0.25, -0.2) is 19.7 Å². The highest BCUT2D eigenvalue weighted by Crippen LogP contribution is 2.18. The first-order valence-corrected chi connectivity index (χ1v) is 8.67. The summed E-state index contributed by atoms with van der Waals surface area (Å²) in [7, 11) is 0. The monoisotopic (exact) mass is 355 g/mol. The van der Waals surface area contributed by atoms with Crippen LogP contribution >= 0.6 is 0 Å². The van der Waals surface area contributed by atoms with Gasteiger partial charge in [-0.2, -0.15) is 0 Å². The zero-order valence-corrected chi connectivity index (χ0v) is 14.4. The van der Waals surface area contributed by atoms with Gasteiger partial charge in [-0.15, -0.1) is 0 Å². The average molecular weight is 355 g/mol. The maximum atomic E-state index is 12.1. The second kappa shape index (κ2) is 8.37. The molecule has 1 fully saturated rings. The van der Waals surface area contributed by atoms with Crippen LogP contribution in [0.25, 0.3) is 0 Å². The van der Waals surface area contributed by atoms with E-state index in [1.807, 2.05) is 12.1 Å². The van der Waals surface area contributed by atoms with Crippen molar-refractivity contribution in [3.05, 3.63) is 47.7 Å². The van der Waals surface area contributed by atoms with E-state index < -0.39 is 11.9 Å². The van der Waals surface area contributed by atoms with Crippen LogP contribution in [0.2, 0.25) is 0 Å². The van der Waals surface area contributed by atoms with Gasteiger partial charge in [0.05, 0.1) is 12.4 Å². The zero-order valence-electron chi connectivity index (χ0n) is 14.4. The summed E-state index contributed by atoms with van der Waals surface area (Å²) < 4.78 is 0. The van der Waals surface area contributed by atoms with Crippen molar-refractivity contribution in [2.75, 3.05) is 18.0 Å². The quantitative estimate of drug-likeness (QED) is 0.843. The van der Waals surface area contributed by atoms with Crippen LogP contribution in [0.5, 0.6) is 0 Å². The van der Waals surface area contributed by atoms with Crippen LogP contribution in [0.15, 0.2) is 30.7 Å². The molecule has 0 aliphatic carbocycles. The first kappa shape index (κ1) is 17.8. The Kier molecular flexibility index (Phi) is 5.73. The summed E-state index contributed by atoms with van der Waals surface area (Å²) in [6, 6.07) is 3.85. The fourth-order valence-electron chi connectivity index (χ4n) is 2.87. The van der Waals surface area contributed by atoms with Crippen molar-refractivity contribution in [2.24, 2.45) is 0 Å². The molecule has 3 rings (SSSR count). The number of nitrogens with one attached hydrogen (secondary N) is 1. The molecule has 0 atom stereocenters. The van der Waals surface area contributed by atoms with E-state index in [0.29, 0.717) is 6.54 Å². The summed E-state index contributed by atoms with van der Waals surface area (Å²) in [5.41, 5.74) is 0.831. The summed E-state index contributed by atoms with van der Waals surface area (Å²) in [6.45, 7) is 2.35. The number of rotatable bonds is 5. The molecule has 1 aliphatic heterocycles. The highest BCUT2D eigenvalue weighted by Gasteiger charge is 2.13. The lowest BCUT2D eigenvalue weighted by Crippen LogP contribution is -2.26. The van der Waals surface area contributed by atoms with Gasteiger partial charge in [0.2, 0.25) is 0 Å². The predicted molar refractivity (Wildman–Crippen MR) is 95.1 cm³/mol. The molecule has 0 unspecified atom stereocenters. The van der Waals surface area contributed by atoms with E-state index in [9.17, 15) is 9.59 Å². The minimum absolute atomic E-state index is 0.0804. The highest BCUT2D eigenvalue weighted by atomic mass is 16.4. The van der Waals surface area contributed by atoms with Gasteiger partial charge in [-0.05, 0) is 30.5 Å². The molecule has 2 aromatic heterocycles. The third kappa shape index (κ3) is 4.53. The number of nitrogens with zero attached hydrogens (tertiary/aromatic N) is 4. The molecule has 0 aromatic carbocycles. The summed E-state index contributed by atoms with van der Waals surface area (Å²) in [5.74, 6) is -0.644. The Morgan fingerprint density at radius 2 is 1.73 bits per heavy atom. The SMILES string of the molecule is O=C(O)c1cnc(C(=O)NCc2ccnc(N3CCCCCC3)c2)cn1. The lowest BCUT2D eigenvalue weighted by atomic mass is 10.2. The third-order valence-electron chi connectivity index (χ3n) is 4.30. The Hall–Kier alpha value is -3.03. The number of carboxylic acids is 1. The maximum absolute atomic E-state index is 12.1. The number of hydrogen-bond acceptors (Lipinski definition) is 6. The van der Waals surface area contributed by atoms with Crippen LogP contribution in [0.4, 0.5) is 5.82 Å². The number of pyridine rings is 1. The maximum Gasteiger partial charge on any atom is 0.356 e. The largest absolute Gasteiger partial charge is 0.476 e. The molecule has 0 radical (unpaired) electrons. The molecule has 8 heteroatoms. The summed E-state index contributed by atoms with van der Waals surface area (Å²) in [6.07, 6.45) is 8.85. The van der Waals surface area contributed by atoms with Gasteiger partial charge < -0.3 is 15.3 Å². The second-order valence-electron chi connectivity index (χ2n) is 6.20. The van der Waals surface area contributed by atoms with E-state index in [-0.39, 0.29) is 11.4 Å². The second-order valence-corrected chi connectivity index (χ2v) is 6.20. The number of carbonyl (C=O) groups excluding carboxylic acids is 1. The normalized spacial score (nSPS) is 14.5. The minimum Gasteiger partial charge on any atom is -0.476 e. The van der Waals surface area contributed by atoms with Crippen LogP contribution < -0.4 is 10.2 Å². The zero-order chi connectivity index (χ0) is 18.4. The molecule has 2 N–H and O–H groups in total. The van der Waals surface area contributed by atoms with Crippen molar-refractivity contribution in [3.8, 4) is 0 Å². The smallest absolute Gasteiger partial charge is 0.356 e. The number of anilines is 1. The fourth-order valence-corrected chi connectivity index (χ4v) is 2.87. The third-order valence-corrected chi connectivity index (χ3v) is 4.30. The fraction of sp³-hybridized carbons (Fsp3) is 0.389. The molecule has 1 saturated heterocycles. The van der Waals surface area contributed by atoms with Crippen LogP contribution in [-0.4, -0.2) is 45.0 Å². The van der Waals surface area contributed by atoms with E-state index in [4.69, 9.17) is 5.11 Å². The molecule has 26 heavy (non-hydrogen) atoms. The Bertz CT molecular complexity index is 771. The molecular weight excluding hydrogens is 334 g/mol. The van der Waals surface area contributed by atoms with Crippen LogP contribution in [-0.2, 0) is 6.54 Å².